The van der Waals surface area contributed by atoms with Crippen LogP contribution in [-0.2, 0) is 23.7 Å². The first kappa shape index (κ1) is 29.8. The number of ether oxygens (including phenoxy) is 4. The van der Waals surface area contributed by atoms with Crippen LogP contribution in [0.1, 0.15) is 36.0 Å². The molecule has 0 unspecified atom stereocenters. The first-order valence-electron chi connectivity index (χ1n) is 9.37. The van der Waals surface area contributed by atoms with E-state index in [2.05, 4.69) is 10.1 Å². The molecule has 0 heterocycles. The van der Waals surface area contributed by atoms with Crippen LogP contribution in [0.25, 0.3) is 0 Å². The molecule has 0 aromatic heterocycles. The Morgan fingerprint density at radius 1 is 1.07 bits per heavy atom. The van der Waals surface area contributed by atoms with Gasteiger partial charge in [-0.25, -0.2) is 4.79 Å². The van der Waals surface area contributed by atoms with E-state index >= 15 is 0 Å². The molecule has 0 aliphatic heterocycles. The van der Waals surface area contributed by atoms with Crippen molar-refractivity contribution in [2.45, 2.75) is 34.6 Å². The second-order valence-corrected chi connectivity index (χ2v) is 4.45. The number of rotatable bonds is 14. The molecular weight excluding hydrogens is 354 g/mol. The zero-order valence-corrected chi connectivity index (χ0v) is 17.8. The van der Waals surface area contributed by atoms with E-state index in [-0.39, 0.29) is 21.2 Å². The molecular formula is C18H41N3O6. The minimum atomic E-state index is -0.540. The summed E-state index contributed by atoms with van der Waals surface area (Å²) in [6, 6.07) is 0. The molecule has 27 heavy (non-hydrogen) atoms. The Balaban J connectivity index is -0.000000537. The Morgan fingerprint density at radius 3 is 2.30 bits per heavy atom. The minimum Gasteiger partial charge on any atom is -0.465 e. The van der Waals surface area contributed by atoms with E-state index in [9.17, 15) is 9.59 Å². The Kier molecular flexibility index (Phi) is 28.9. The molecule has 0 aromatic carbocycles. The molecule has 3 N–H and O–H groups in total. The van der Waals surface area contributed by atoms with Gasteiger partial charge in [-0.15, -0.1) is 0 Å². The van der Waals surface area contributed by atoms with E-state index in [1.807, 2.05) is 46.6 Å². The Labute approximate surface area is 165 Å². The largest absolute Gasteiger partial charge is 0.465 e. The number of nitrogens with zero attached hydrogens (tertiary/aromatic N) is 1. The van der Waals surface area contributed by atoms with Crippen LogP contribution in [-0.4, -0.2) is 77.2 Å². The predicted octanol–water partition coefficient (Wildman–Crippen LogP) is 1.97. The van der Waals surface area contributed by atoms with Crippen molar-refractivity contribution in [1.82, 2.24) is 10.2 Å². The summed E-state index contributed by atoms with van der Waals surface area (Å²) >= 11 is 0. The van der Waals surface area contributed by atoms with Crippen LogP contribution in [0.4, 0.5) is 4.79 Å². The van der Waals surface area contributed by atoms with Gasteiger partial charge in [0.15, 0.2) is 0 Å². The maximum Gasteiger partial charge on any atom is 0.407 e. The van der Waals surface area contributed by atoms with Crippen LogP contribution in [0, 0.1) is 0 Å². The van der Waals surface area contributed by atoms with E-state index in [1.54, 1.807) is 6.20 Å². The molecule has 0 aliphatic carbocycles. The Morgan fingerprint density at radius 2 is 1.70 bits per heavy atom. The molecule has 0 saturated carbocycles. The number of nitrogens with one attached hydrogen (secondary N) is 1. The monoisotopic (exact) mass is 395 g/mol. The average Bonchev–Trinajstić information content (AvgIpc) is 2.69. The van der Waals surface area contributed by atoms with Gasteiger partial charge in [-0.3, -0.25) is 4.79 Å². The smallest absolute Gasteiger partial charge is 0.407 e. The summed E-state index contributed by atoms with van der Waals surface area (Å²) in [5, 5.41) is 2.54. The first-order valence-corrected chi connectivity index (χ1v) is 9.37. The average molecular weight is 396 g/mol. The molecule has 0 radical (unpaired) electrons. The van der Waals surface area contributed by atoms with Gasteiger partial charge in [-0.1, -0.05) is 27.7 Å². The number of nitrogens with two attached hydrogens (primary N) is 1. The maximum absolute atomic E-state index is 11.4. The van der Waals surface area contributed by atoms with Gasteiger partial charge in [0.25, 0.3) is 6.47 Å². The zero-order valence-electron chi connectivity index (χ0n) is 17.8. The molecule has 0 atom stereocenters. The van der Waals surface area contributed by atoms with E-state index in [1.165, 1.54) is 0 Å². The molecule has 9 heteroatoms. The third kappa shape index (κ3) is 26.3. The summed E-state index contributed by atoms with van der Waals surface area (Å²) in [5.41, 5.74) is 6.28. The van der Waals surface area contributed by atoms with Crippen LogP contribution >= 0.6 is 0 Å². The van der Waals surface area contributed by atoms with E-state index < -0.39 is 6.09 Å². The predicted molar refractivity (Wildman–Crippen MR) is 108 cm³/mol. The SMILES string of the molecule is CC.CC.CCOCCOC(=O)NC/C(N)=C/N(C)CCOCCOC=O.[HH]. The second kappa shape index (κ2) is 26.2. The standard InChI is InChI=1S/C14H27N3O6.2C2H6.H2/c1-3-20-8-9-23-14(19)16-10-13(15)11-17(2)4-5-21-6-7-22-12-18;2*1-2;/h11-12H,3-10,15H2,1-2H3,(H,16,19);2*1-2H3;1H/b13-11-;;;. The fourth-order valence-electron chi connectivity index (χ4n) is 1.42. The van der Waals surface area contributed by atoms with Gasteiger partial charge in [0.1, 0.15) is 13.2 Å². The Bertz CT molecular complexity index is 360. The highest BCUT2D eigenvalue weighted by Gasteiger charge is 2.02. The third-order valence-corrected chi connectivity index (χ3v) is 2.49. The number of carbonyl (C=O) groups is 2. The number of amides is 1. The van der Waals surface area contributed by atoms with Gasteiger partial charge in [-0.2, -0.15) is 0 Å². The van der Waals surface area contributed by atoms with Crippen LogP contribution in [0.3, 0.4) is 0 Å². The molecule has 0 spiro atoms. The summed E-state index contributed by atoms with van der Waals surface area (Å²) < 4.78 is 19.7. The highest BCUT2D eigenvalue weighted by molar-refractivity contribution is 5.67. The lowest BCUT2D eigenvalue weighted by molar-refractivity contribution is -0.130. The fraction of sp³-hybridized carbons (Fsp3) is 0.778. The van der Waals surface area contributed by atoms with Gasteiger partial charge in [0.2, 0.25) is 0 Å². The number of hydrogen-bond donors (Lipinski definition) is 2. The lowest BCUT2D eigenvalue weighted by Gasteiger charge is -2.15. The van der Waals surface area contributed by atoms with Gasteiger partial charge in [-0.05, 0) is 6.92 Å². The van der Waals surface area contributed by atoms with Gasteiger partial charge >= 0.3 is 6.09 Å². The van der Waals surface area contributed by atoms with Gasteiger partial charge < -0.3 is 34.9 Å². The van der Waals surface area contributed by atoms with Crippen molar-refractivity contribution < 1.29 is 30.0 Å². The molecule has 1 amide bonds. The van der Waals surface area contributed by atoms with Crippen LogP contribution in [0.15, 0.2) is 11.9 Å². The highest BCUT2D eigenvalue weighted by Crippen LogP contribution is 1.90. The second-order valence-electron chi connectivity index (χ2n) is 4.45. The lowest BCUT2D eigenvalue weighted by Crippen LogP contribution is -2.30. The van der Waals surface area contributed by atoms with E-state index in [0.29, 0.717) is 45.1 Å². The molecule has 0 rings (SSSR count). The molecule has 0 fully saturated rings. The van der Waals surface area contributed by atoms with Crippen molar-refractivity contribution in [3.8, 4) is 0 Å². The topological polar surface area (TPSA) is 112 Å². The van der Waals surface area contributed by atoms with Crippen LogP contribution in [0.2, 0.25) is 0 Å². The molecule has 0 aromatic rings. The molecule has 9 nitrogen and oxygen atoms in total. The third-order valence-electron chi connectivity index (χ3n) is 2.49. The summed E-state index contributed by atoms with van der Waals surface area (Å²) in [7, 11) is 1.83. The number of hydrogen-bond acceptors (Lipinski definition) is 8. The number of carbonyl (C=O) groups excluding carboxylic acids is 2. The van der Waals surface area contributed by atoms with Crippen molar-refractivity contribution in [1.29, 1.82) is 0 Å². The van der Waals surface area contributed by atoms with Gasteiger partial charge in [0.05, 0.1) is 26.4 Å². The van der Waals surface area contributed by atoms with Crippen molar-refractivity contribution in [3.63, 3.8) is 0 Å². The van der Waals surface area contributed by atoms with Crippen molar-refractivity contribution in [2.24, 2.45) is 5.73 Å². The highest BCUT2D eigenvalue weighted by atomic mass is 16.6. The molecule has 0 saturated heterocycles. The first-order chi connectivity index (χ1) is 13.1. The number of alkyl carbamates (subject to hydrolysis) is 1. The summed E-state index contributed by atoms with van der Waals surface area (Å²) in [6.45, 7) is 13.3. The van der Waals surface area contributed by atoms with Crippen molar-refractivity contribution in [2.75, 3.05) is 59.8 Å². The quantitative estimate of drug-likeness (QED) is 0.339. The normalized spacial score (nSPS) is 9.78. The van der Waals surface area contributed by atoms with Crippen molar-refractivity contribution in [3.05, 3.63) is 11.9 Å². The zero-order chi connectivity index (χ0) is 21.3. The van der Waals surface area contributed by atoms with Crippen molar-refractivity contribution >= 4 is 12.6 Å². The van der Waals surface area contributed by atoms with Crippen LogP contribution in [0.5, 0.6) is 0 Å². The van der Waals surface area contributed by atoms with E-state index in [0.717, 1.165) is 0 Å². The van der Waals surface area contributed by atoms with Gasteiger partial charge in [0, 0.05) is 33.5 Å². The minimum absolute atomic E-state index is 0. The molecule has 164 valence electrons. The fourth-order valence-corrected chi connectivity index (χ4v) is 1.42. The summed E-state index contributed by atoms with van der Waals surface area (Å²) in [4.78, 5) is 23.1. The van der Waals surface area contributed by atoms with E-state index in [4.69, 9.17) is 19.9 Å². The van der Waals surface area contributed by atoms with Crippen LogP contribution < -0.4 is 11.1 Å². The lowest BCUT2D eigenvalue weighted by atomic mass is 10.4. The Hall–Kier alpha value is -2.00. The molecule has 0 aliphatic rings. The number of likely N-dealkylation sites (N-methyl/N-ethyl adjacent to an activating group) is 1. The summed E-state index contributed by atoms with van der Waals surface area (Å²) in [6.07, 6.45) is 1.16. The maximum atomic E-state index is 11.4. The summed E-state index contributed by atoms with van der Waals surface area (Å²) in [5.74, 6) is 0. The molecule has 0 bridgehead atoms.